The fourth-order valence-corrected chi connectivity index (χ4v) is 1.47. The van der Waals surface area contributed by atoms with Crippen LogP contribution in [0.1, 0.15) is 19.0 Å². The number of aryl methyl sites for hydroxylation is 2. The fraction of sp³-hybridized carbons (Fsp3) is 0.667. The smallest absolute Gasteiger partial charge is 0.174 e. The molecule has 0 aliphatic rings. The molecule has 1 aromatic rings. The zero-order valence-electron chi connectivity index (χ0n) is 9.24. The van der Waals surface area contributed by atoms with Crippen LogP contribution in [0, 0.1) is 0 Å². The second-order valence-corrected chi connectivity index (χ2v) is 3.24. The normalized spacial score (nSPS) is 10.6. The van der Waals surface area contributed by atoms with Crippen molar-refractivity contribution < 1.29 is 4.84 Å². The van der Waals surface area contributed by atoms with Crippen molar-refractivity contribution in [3.8, 4) is 0 Å². The van der Waals surface area contributed by atoms with E-state index in [0.29, 0.717) is 5.69 Å². The number of rotatable bonds is 4. The molecule has 0 aliphatic heterocycles. The number of hydroxylamine groups is 1. The molecule has 0 unspecified atom stereocenters. The van der Waals surface area contributed by atoms with E-state index in [2.05, 4.69) is 12.0 Å². The largest absolute Gasteiger partial charge is 0.394 e. The summed E-state index contributed by atoms with van der Waals surface area (Å²) in [5.74, 6) is 0.802. The Morgan fingerprint density at radius 3 is 2.71 bits per heavy atom. The maximum atomic E-state index is 5.96. The molecular formula is C9H18N4O. The highest BCUT2D eigenvalue weighted by atomic mass is 16.7. The van der Waals surface area contributed by atoms with Gasteiger partial charge in [-0.25, -0.2) is 9.75 Å². The summed E-state index contributed by atoms with van der Waals surface area (Å²) in [6.07, 6.45) is 1.94. The van der Waals surface area contributed by atoms with Crippen LogP contribution in [-0.4, -0.2) is 23.9 Å². The average Bonchev–Trinajstić information content (AvgIpc) is 2.42. The minimum absolute atomic E-state index is 0.707. The maximum Gasteiger partial charge on any atom is 0.174 e. The number of hydrogen-bond donors (Lipinski definition) is 1. The number of nitrogens with two attached hydrogens (primary N) is 1. The van der Waals surface area contributed by atoms with E-state index in [0.717, 1.165) is 24.4 Å². The molecule has 0 aliphatic carbocycles. The molecule has 0 bridgehead atoms. The lowest BCUT2D eigenvalue weighted by Gasteiger charge is -2.16. The van der Waals surface area contributed by atoms with E-state index in [4.69, 9.17) is 10.6 Å². The summed E-state index contributed by atoms with van der Waals surface area (Å²) < 4.78 is 1.74. The van der Waals surface area contributed by atoms with Crippen molar-refractivity contribution in [2.45, 2.75) is 19.8 Å². The monoisotopic (exact) mass is 198 g/mol. The summed E-state index contributed by atoms with van der Waals surface area (Å²) in [6, 6.07) is 0. The summed E-state index contributed by atoms with van der Waals surface area (Å²) in [4.78, 5) is 5.08. The number of anilines is 2. The molecule has 0 fully saturated rings. The van der Waals surface area contributed by atoms with Gasteiger partial charge < -0.3 is 5.73 Å². The van der Waals surface area contributed by atoms with Gasteiger partial charge in [0.25, 0.3) is 0 Å². The Kier molecular flexibility index (Phi) is 3.35. The molecule has 14 heavy (non-hydrogen) atoms. The van der Waals surface area contributed by atoms with Crippen molar-refractivity contribution in [3.63, 3.8) is 0 Å². The Labute approximate surface area is 84.4 Å². The first-order valence-corrected chi connectivity index (χ1v) is 4.71. The summed E-state index contributed by atoms with van der Waals surface area (Å²) in [5, 5.41) is 5.95. The summed E-state index contributed by atoms with van der Waals surface area (Å²) in [7, 11) is 5.27. The van der Waals surface area contributed by atoms with Crippen LogP contribution in [-0.2, 0) is 18.3 Å². The molecule has 0 aromatic carbocycles. The van der Waals surface area contributed by atoms with Gasteiger partial charge in [-0.3, -0.25) is 4.84 Å². The molecule has 80 valence electrons. The topological polar surface area (TPSA) is 56.3 Å². The Morgan fingerprint density at radius 1 is 1.57 bits per heavy atom. The zero-order chi connectivity index (χ0) is 10.7. The van der Waals surface area contributed by atoms with E-state index in [1.165, 1.54) is 0 Å². The lowest BCUT2D eigenvalue weighted by Crippen LogP contribution is -2.19. The Hall–Kier alpha value is -1.23. The van der Waals surface area contributed by atoms with Crippen LogP contribution in [0.15, 0.2) is 0 Å². The van der Waals surface area contributed by atoms with Crippen LogP contribution < -0.4 is 10.8 Å². The number of nitrogens with zero attached hydrogens (tertiary/aromatic N) is 3. The number of hydrogen-bond acceptors (Lipinski definition) is 4. The van der Waals surface area contributed by atoms with Gasteiger partial charge in [-0.15, -0.1) is 0 Å². The van der Waals surface area contributed by atoms with Crippen molar-refractivity contribution in [1.82, 2.24) is 9.78 Å². The van der Waals surface area contributed by atoms with Crippen LogP contribution in [0.4, 0.5) is 11.5 Å². The fourth-order valence-electron chi connectivity index (χ4n) is 1.47. The van der Waals surface area contributed by atoms with Gasteiger partial charge in [-0.05, 0) is 6.42 Å². The highest BCUT2D eigenvalue weighted by Crippen LogP contribution is 2.25. The van der Waals surface area contributed by atoms with Gasteiger partial charge in [0.2, 0.25) is 0 Å². The first kappa shape index (κ1) is 10.8. The van der Waals surface area contributed by atoms with E-state index in [1.54, 1.807) is 16.9 Å². The van der Waals surface area contributed by atoms with E-state index in [1.807, 2.05) is 14.1 Å². The zero-order valence-corrected chi connectivity index (χ0v) is 9.24. The van der Waals surface area contributed by atoms with Gasteiger partial charge in [-0.2, -0.15) is 5.10 Å². The van der Waals surface area contributed by atoms with E-state index in [9.17, 15) is 0 Å². The number of aromatic nitrogens is 2. The second kappa shape index (κ2) is 4.32. The summed E-state index contributed by atoms with van der Waals surface area (Å²) in [5.41, 5.74) is 7.61. The predicted molar refractivity (Wildman–Crippen MR) is 57.0 cm³/mol. The first-order chi connectivity index (χ1) is 6.61. The average molecular weight is 198 g/mol. The quantitative estimate of drug-likeness (QED) is 0.732. The molecule has 1 rings (SSSR count). The maximum absolute atomic E-state index is 5.96. The van der Waals surface area contributed by atoms with Crippen LogP contribution in [0.2, 0.25) is 0 Å². The van der Waals surface area contributed by atoms with Crippen LogP contribution in [0.3, 0.4) is 0 Å². The van der Waals surface area contributed by atoms with E-state index >= 15 is 0 Å². The van der Waals surface area contributed by atoms with Gasteiger partial charge in [0.1, 0.15) is 5.69 Å². The highest BCUT2D eigenvalue weighted by molar-refractivity contribution is 5.65. The predicted octanol–water partition coefficient (Wildman–Crippen LogP) is 0.952. The molecule has 0 saturated heterocycles. The standard InChI is InChI=1S/C9H18N4O/c1-5-6-7-8(10)9(12(2)11-7)13(3)14-4/h5-6,10H2,1-4H3. The van der Waals surface area contributed by atoms with Crippen molar-refractivity contribution >= 4 is 11.5 Å². The summed E-state index contributed by atoms with van der Waals surface area (Å²) in [6.45, 7) is 2.10. The molecule has 0 atom stereocenters. The van der Waals surface area contributed by atoms with E-state index in [-0.39, 0.29) is 0 Å². The van der Waals surface area contributed by atoms with Crippen LogP contribution >= 0.6 is 0 Å². The molecule has 1 aromatic heterocycles. The van der Waals surface area contributed by atoms with Gasteiger partial charge in [-0.1, -0.05) is 13.3 Å². The van der Waals surface area contributed by atoms with Crippen molar-refractivity contribution in [2.75, 3.05) is 25.0 Å². The minimum atomic E-state index is 0.707. The lowest BCUT2D eigenvalue weighted by molar-refractivity contribution is 0.180. The Morgan fingerprint density at radius 2 is 2.21 bits per heavy atom. The molecular weight excluding hydrogens is 180 g/mol. The van der Waals surface area contributed by atoms with Crippen LogP contribution in [0.5, 0.6) is 0 Å². The molecule has 0 amide bonds. The third kappa shape index (κ3) is 1.82. The van der Waals surface area contributed by atoms with Crippen molar-refractivity contribution in [3.05, 3.63) is 5.69 Å². The molecule has 1 heterocycles. The molecule has 5 nitrogen and oxygen atoms in total. The second-order valence-electron chi connectivity index (χ2n) is 3.24. The van der Waals surface area contributed by atoms with Crippen molar-refractivity contribution in [2.24, 2.45) is 7.05 Å². The third-order valence-electron chi connectivity index (χ3n) is 2.19. The minimum Gasteiger partial charge on any atom is -0.394 e. The van der Waals surface area contributed by atoms with Gasteiger partial charge in [0.15, 0.2) is 5.82 Å². The Bertz CT molecular complexity index is 308. The van der Waals surface area contributed by atoms with Crippen molar-refractivity contribution in [1.29, 1.82) is 0 Å². The van der Waals surface area contributed by atoms with Gasteiger partial charge in [0.05, 0.1) is 12.8 Å². The molecule has 2 N–H and O–H groups in total. The van der Waals surface area contributed by atoms with Crippen LogP contribution in [0.25, 0.3) is 0 Å². The first-order valence-electron chi connectivity index (χ1n) is 4.71. The molecule has 5 heteroatoms. The SMILES string of the molecule is CCCc1nn(C)c(N(C)OC)c1N. The summed E-state index contributed by atoms with van der Waals surface area (Å²) >= 11 is 0. The van der Waals surface area contributed by atoms with E-state index < -0.39 is 0 Å². The van der Waals surface area contributed by atoms with Gasteiger partial charge >= 0.3 is 0 Å². The molecule has 0 radical (unpaired) electrons. The Balaban J connectivity index is 3.04. The van der Waals surface area contributed by atoms with Gasteiger partial charge in [0, 0.05) is 14.1 Å². The molecule has 0 spiro atoms. The molecule has 0 saturated carbocycles. The lowest BCUT2D eigenvalue weighted by atomic mass is 10.2. The third-order valence-corrected chi connectivity index (χ3v) is 2.19. The number of nitrogen functional groups attached to an aromatic ring is 1. The highest BCUT2D eigenvalue weighted by Gasteiger charge is 2.15.